The summed E-state index contributed by atoms with van der Waals surface area (Å²) in [7, 11) is 0. The minimum atomic E-state index is -0.377. The summed E-state index contributed by atoms with van der Waals surface area (Å²) in [6.07, 6.45) is 3.09. The van der Waals surface area contributed by atoms with E-state index in [1.807, 2.05) is 25.7 Å². The predicted molar refractivity (Wildman–Crippen MR) is 123 cm³/mol. The van der Waals surface area contributed by atoms with Crippen LogP contribution in [0.25, 0.3) is 0 Å². The van der Waals surface area contributed by atoms with Crippen LogP contribution in [0.2, 0.25) is 5.02 Å². The molecule has 1 saturated heterocycles. The van der Waals surface area contributed by atoms with Crippen LogP contribution in [0.1, 0.15) is 71.1 Å². The summed E-state index contributed by atoms with van der Waals surface area (Å²) in [6.45, 7) is 7.14. The first kappa shape index (κ1) is 22.8. The molecule has 31 heavy (non-hydrogen) atoms. The number of carbonyl (C=O) groups is 3. The van der Waals surface area contributed by atoms with Gasteiger partial charge in [-0.25, -0.2) is 0 Å². The summed E-state index contributed by atoms with van der Waals surface area (Å²) < 4.78 is 0. The van der Waals surface area contributed by atoms with E-state index < -0.39 is 0 Å². The molecule has 0 unspecified atom stereocenters. The lowest BCUT2D eigenvalue weighted by Gasteiger charge is -2.27. The Hall–Kier alpha value is -2.86. The third kappa shape index (κ3) is 6.07. The molecule has 1 aliphatic rings. The highest BCUT2D eigenvalue weighted by molar-refractivity contribution is 6.31. The van der Waals surface area contributed by atoms with E-state index in [2.05, 4.69) is 10.6 Å². The fourth-order valence-corrected chi connectivity index (χ4v) is 3.63. The molecule has 1 aliphatic heterocycles. The molecule has 2 N–H and O–H groups in total. The lowest BCUT2D eigenvalue weighted by Crippen LogP contribution is -2.40. The van der Waals surface area contributed by atoms with Crippen molar-refractivity contribution in [3.63, 3.8) is 0 Å². The lowest BCUT2D eigenvalue weighted by atomic mass is 10.1. The van der Waals surface area contributed by atoms with Gasteiger partial charge in [0.15, 0.2) is 0 Å². The van der Waals surface area contributed by atoms with E-state index in [-0.39, 0.29) is 23.3 Å². The first-order valence-corrected chi connectivity index (χ1v) is 10.8. The molecule has 164 valence electrons. The van der Waals surface area contributed by atoms with E-state index in [1.165, 1.54) is 0 Å². The van der Waals surface area contributed by atoms with Crippen LogP contribution in [0.3, 0.4) is 0 Å². The Morgan fingerprint density at radius 2 is 1.45 bits per heavy atom. The van der Waals surface area contributed by atoms with E-state index in [0.29, 0.717) is 40.5 Å². The van der Waals surface area contributed by atoms with Gasteiger partial charge >= 0.3 is 0 Å². The standard InChI is InChI=1S/C24H28ClN3O3/c1-24(2,3)27-22(30)17-9-7-16(8-10-17)21(29)26-20-15-18(25)11-12-19(20)23(31)28-13-5-4-6-14-28/h7-12,15H,4-6,13-14H2,1-3H3,(H,26,29)(H,27,30). The van der Waals surface area contributed by atoms with Gasteiger partial charge in [-0.05, 0) is 82.5 Å². The van der Waals surface area contributed by atoms with E-state index in [1.54, 1.807) is 42.5 Å². The molecule has 2 aromatic rings. The van der Waals surface area contributed by atoms with Crippen LogP contribution in [0.4, 0.5) is 5.69 Å². The van der Waals surface area contributed by atoms with E-state index in [0.717, 1.165) is 19.3 Å². The predicted octanol–water partition coefficient (Wildman–Crippen LogP) is 4.75. The summed E-state index contributed by atoms with van der Waals surface area (Å²) in [5.41, 5.74) is 1.29. The molecule has 0 bridgehead atoms. The summed E-state index contributed by atoms with van der Waals surface area (Å²) >= 11 is 6.12. The maximum atomic E-state index is 13.0. The van der Waals surface area contributed by atoms with Gasteiger partial charge in [0.2, 0.25) is 0 Å². The molecule has 6 nitrogen and oxygen atoms in total. The Kier molecular flexibility index (Phi) is 7.01. The number of nitrogens with one attached hydrogen (secondary N) is 2. The Morgan fingerprint density at radius 1 is 0.871 bits per heavy atom. The monoisotopic (exact) mass is 441 g/mol. The quantitative estimate of drug-likeness (QED) is 0.718. The van der Waals surface area contributed by atoms with Crippen molar-refractivity contribution >= 4 is 35.0 Å². The minimum absolute atomic E-state index is 0.110. The SMILES string of the molecule is CC(C)(C)NC(=O)c1ccc(C(=O)Nc2cc(Cl)ccc2C(=O)N2CCCCC2)cc1. The largest absolute Gasteiger partial charge is 0.347 e. The molecule has 0 spiro atoms. The Balaban J connectivity index is 1.76. The van der Waals surface area contributed by atoms with Gasteiger partial charge < -0.3 is 15.5 Å². The maximum Gasteiger partial charge on any atom is 0.255 e. The lowest BCUT2D eigenvalue weighted by molar-refractivity contribution is 0.0725. The topological polar surface area (TPSA) is 78.5 Å². The molecule has 0 radical (unpaired) electrons. The number of halogens is 1. The van der Waals surface area contributed by atoms with Crippen molar-refractivity contribution < 1.29 is 14.4 Å². The second kappa shape index (κ2) is 9.52. The number of benzene rings is 2. The van der Waals surface area contributed by atoms with Crippen LogP contribution in [0, 0.1) is 0 Å². The highest BCUT2D eigenvalue weighted by Gasteiger charge is 2.22. The molecule has 3 amide bonds. The van der Waals surface area contributed by atoms with Gasteiger partial charge in [-0.3, -0.25) is 14.4 Å². The normalized spacial score (nSPS) is 14.1. The average Bonchev–Trinajstić information content (AvgIpc) is 2.73. The second-order valence-electron chi connectivity index (χ2n) is 8.78. The summed E-state index contributed by atoms with van der Waals surface area (Å²) in [5.74, 6) is -0.692. The Morgan fingerprint density at radius 3 is 2.03 bits per heavy atom. The zero-order valence-electron chi connectivity index (χ0n) is 18.1. The zero-order valence-corrected chi connectivity index (χ0v) is 18.9. The number of likely N-dealkylation sites (tertiary alicyclic amines) is 1. The number of amides is 3. The number of rotatable bonds is 4. The third-order valence-corrected chi connectivity index (χ3v) is 5.24. The molecule has 1 heterocycles. The summed E-state index contributed by atoms with van der Waals surface area (Å²) in [6, 6.07) is 11.3. The van der Waals surface area contributed by atoms with Crippen molar-refractivity contribution in [3.05, 3.63) is 64.2 Å². The summed E-state index contributed by atoms with van der Waals surface area (Å²) in [5, 5.41) is 6.12. The van der Waals surface area contributed by atoms with Gasteiger partial charge in [-0.2, -0.15) is 0 Å². The first-order valence-electron chi connectivity index (χ1n) is 10.5. The number of hydrogen-bond acceptors (Lipinski definition) is 3. The van der Waals surface area contributed by atoms with E-state index in [4.69, 9.17) is 11.6 Å². The highest BCUT2D eigenvalue weighted by Crippen LogP contribution is 2.25. The van der Waals surface area contributed by atoms with Crippen LogP contribution in [0.15, 0.2) is 42.5 Å². The van der Waals surface area contributed by atoms with Gasteiger partial charge in [-0.15, -0.1) is 0 Å². The maximum absolute atomic E-state index is 13.0. The summed E-state index contributed by atoms with van der Waals surface area (Å²) in [4.78, 5) is 39.9. The molecule has 0 atom stereocenters. The fourth-order valence-electron chi connectivity index (χ4n) is 3.45. The van der Waals surface area contributed by atoms with Crippen LogP contribution >= 0.6 is 11.6 Å². The Labute approximate surface area is 188 Å². The van der Waals surface area contributed by atoms with Gasteiger partial charge in [0.25, 0.3) is 17.7 Å². The van der Waals surface area contributed by atoms with Crippen molar-refractivity contribution in [2.45, 2.75) is 45.6 Å². The number of anilines is 1. The van der Waals surface area contributed by atoms with Gasteiger partial charge in [-0.1, -0.05) is 11.6 Å². The Bertz CT molecular complexity index is 975. The van der Waals surface area contributed by atoms with Crippen LogP contribution in [0.5, 0.6) is 0 Å². The van der Waals surface area contributed by atoms with E-state index in [9.17, 15) is 14.4 Å². The van der Waals surface area contributed by atoms with Crippen LogP contribution < -0.4 is 10.6 Å². The number of piperidine rings is 1. The van der Waals surface area contributed by atoms with Crippen molar-refractivity contribution in [1.29, 1.82) is 0 Å². The number of carbonyl (C=O) groups excluding carboxylic acids is 3. The molecule has 3 rings (SSSR count). The van der Waals surface area contributed by atoms with Crippen LogP contribution in [-0.2, 0) is 0 Å². The molecular weight excluding hydrogens is 414 g/mol. The number of hydrogen-bond donors (Lipinski definition) is 2. The number of nitrogens with zero attached hydrogens (tertiary/aromatic N) is 1. The van der Waals surface area contributed by atoms with Gasteiger partial charge in [0.1, 0.15) is 0 Å². The van der Waals surface area contributed by atoms with Gasteiger partial charge in [0.05, 0.1) is 11.3 Å². The smallest absolute Gasteiger partial charge is 0.255 e. The minimum Gasteiger partial charge on any atom is -0.347 e. The molecule has 0 aliphatic carbocycles. The van der Waals surface area contributed by atoms with Crippen molar-refractivity contribution in [1.82, 2.24) is 10.2 Å². The molecule has 0 saturated carbocycles. The first-order chi connectivity index (χ1) is 14.6. The zero-order chi connectivity index (χ0) is 22.6. The van der Waals surface area contributed by atoms with E-state index >= 15 is 0 Å². The van der Waals surface area contributed by atoms with Crippen LogP contribution in [-0.4, -0.2) is 41.2 Å². The molecule has 2 aromatic carbocycles. The fraction of sp³-hybridized carbons (Fsp3) is 0.375. The van der Waals surface area contributed by atoms with Crippen molar-refractivity contribution in [3.8, 4) is 0 Å². The van der Waals surface area contributed by atoms with Gasteiger partial charge in [0, 0.05) is 34.8 Å². The third-order valence-electron chi connectivity index (χ3n) is 5.00. The average molecular weight is 442 g/mol. The molecule has 7 heteroatoms. The van der Waals surface area contributed by atoms with Crippen molar-refractivity contribution in [2.24, 2.45) is 0 Å². The van der Waals surface area contributed by atoms with Crippen molar-refractivity contribution in [2.75, 3.05) is 18.4 Å². The molecule has 1 fully saturated rings. The molecule has 0 aromatic heterocycles. The molecular formula is C24H28ClN3O3. The second-order valence-corrected chi connectivity index (χ2v) is 9.21. The highest BCUT2D eigenvalue weighted by atomic mass is 35.5.